The predicted molar refractivity (Wildman–Crippen MR) is 98.1 cm³/mol. The number of aromatic amines is 1. The summed E-state index contributed by atoms with van der Waals surface area (Å²) in [5.74, 6) is -0.135. The van der Waals surface area contributed by atoms with E-state index in [1.165, 1.54) is 13.3 Å². The van der Waals surface area contributed by atoms with Gasteiger partial charge in [-0.1, -0.05) is 11.6 Å². The Morgan fingerprint density at radius 1 is 1.44 bits per heavy atom. The molecule has 10 heteroatoms. The van der Waals surface area contributed by atoms with Gasteiger partial charge in [0.15, 0.2) is 17.5 Å². The van der Waals surface area contributed by atoms with Crippen molar-refractivity contribution >= 4 is 34.5 Å². The van der Waals surface area contributed by atoms with Crippen molar-refractivity contribution in [2.45, 2.75) is 12.5 Å². The third kappa shape index (κ3) is 3.37. The Bertz CT molecular complexity index is 1010. The summed E-state index contributed by atoms with van der Waals surface area (Å²) in [6.07, 6.45) is 4.64. The maximum absolute atomic E-state index is 14.2. The van der Waals surface area contributed by atoms with Gasteiger partial charge in [0.1, 0.15) is 5.65 Å². The molecule has 4 heterocycles. The third-order valence-corrected chi connectivity index (χ3v) is 4.65. The van der Waals surface area contributed by atoms with Crippen LogP contribution < -0.4 is 5.32 Å². The number of likely N-dealkylation sites (tertiary alicyclic amines) is 1. The van der Waals surface area contributed by atoms with Crippen LogP contribution in [0.3, 0.4) is 0 Å². The lowest BCUT2D eigenvalue weighted by molar-refractivity contribution is 0.133. The summed E-state index contributed by atoms with van der Waals surface area (Å²) in [4.78, 5) is 28.8. The summed E-state index contributed by atoms with van der Waals surface area (Å²) in [5.41, 5.74) is 1.31. The molecule has 1 aliphatic rings. The summed E-state index contributed by atoms with van der Waals surface area (Å²) >= 11 is 6.02. The Hall–Kier alpha value is -2.94. The van der Waals surface area contributed by atoms with Crippen LogP contribution in [0.2, 0.25) is 5.02 Å². The molecule has 4 rings (SSSR count). The number of aromatic nitrogens is 4. The second-order valence-electron chi connectivity index (χ2n) is 6.19. The van der Waals surface area contributed by atoms with Crippen LogP contribution in [0, 0.1) is 5.82 Å². The molecule has 3 aromatic heterocycles. The zero-order valence-electron chi connectivity index (χ0n) is 14.4. The minimum absolute atomic E-state index is 0.0843. The first-order valence-electron chi connectivity index (χ1n) is 8.30. The number of nitrogens with one attached hydrogen (secondary N) is 2. The Kier molecular flexibility index (Phi) is 4.53. The van der Waals surface area contributed by atoms with E-state index >= 15 is 0 Å². The van der Waals surface area contributed by atoms with E-state index in [1.54, 1.807) is 17.2 Å². The van der Waals surface area contributed by atoms with Gasteiger partial charge in [0.2, 0.25) is 0 Å². The highest BCUT2D eigenvalue weighted by molar-refractivity contribution is 6.31. The molecule has 1 unspecified atom stereocenters. The Labute approximate surface area is 158 Å². The molecule has 0 bridgehead atoms. The molecule has 27 heavy (non-hydrogen) atoms. The van der Waals surface area contributed by atoms with Crippen molar-refractivity contribution in [2.75, 3.05) is 25.5 Å². The predicted octanol–water partition coefficient (Wildman–Crippen LogP) is 3.07. The number of carbonyl (C=O) groups is 1. The summed E-state index contributed by atoms with van der Waals surface area (Å²) in [7, 11) is 1.34. The first-order chi connectivity index (χ1) is 13.0. The van der Waals surface area contributed by atoms with E-state index in [9.17, 15) is 9.18 Å². The van der Waals surface area contributed by atoms with E-state index in [2.05, 4.69) is 25.3 Å². The molecule has 0 aliphatic carbocycles. The minimum atomic E-state index is -0.564. The molecular formula is C17H16ClFN6O2. The summed E-state index contributed by atoms with van der Waals surface area (Å²) in [6.45, 7) is 0.953. The van der Waals surface area contributed by atoms with Crippen LogP contribution in [0.15, 0.2) is 24.7 Å². The number of H-pyrrole nitrogens is 1. The fourth-order valence-corrected chi connectivity index (χ4v) is 3.29. The molecule has 1 atom stereocenters. The van der Waals surface area contributed by atoms with Crippen LogP contribution in [0.25, 0.3) is 22.4 Å². The number of methoxy groups -OCH3 is 1. The number of nitrogens with zero attached hydrogens (tertiary/aromatic N) is 4. The van der Waals surface area contributed by atoms with Crippen LogP contribution >= 0.6 is 11.6 Å². The van der Waals surface area contributed by atoms with Gasteiger partial charge in [-0.2, -0.15) is 0 Å². The van der Waals surface area contributed by atoms with Crippen molar-refractivity contribution in [3.8, 4) is 11.4 Å². The SMILES string of the molecule is COC(=O)N1CCC(Nc2nc(-c3c[nH]c4ncc(Cl)cc34)ncc2F)C1. The minimum Gasteiger partial charge on any atom is -0.453 e. The lowest BCUT2D eigenvalue weighted by Gasteiger charge is -2.16. The number of pyridine rings is 1. The highest BCUT2D eigenvalue weighted by atomic mass is 35.5. The standard InChI is InChI=1S/C17H16ClFN6O2/c1-27-17(26)25-3-2-10(8-25)23-16-13(19)7-22-15(24-16)12-6-21-14-11(12)4-9(18)5-20-14/h4-7,10H,2-3,8H2,1H3,(H,20,21)(H,22,23,24). The highest BCUT2D eigenvalue weighted by Gasteiger charge is 2.27. The second-order valence-corrected chi connectivity index (χ2v) is 6.62. The van der Waals surface area contributed by atoms with Gasteiger partial charge in [-0.3, -0.25) is 0 Å². The van der Waals surface area contributed by atoms with E-state index in [1.807, 2.05) is 0 Å². The van der Waals surface area contributed by atoms with Gasteiger partial charge in [-0.15, -0.1) is 0 Å². The molecule has 0 aromatic carbocycles. The van der Waals surface area contributed by atoms with Crippen molar-refractivity contribution in [1.29, 1.82) is 0 Å². The number of ether oxygens (including phenoxy) is 1. The van der Waals surface area contributed by atoms with Crippen LogP contribution in [-0.2, 0) is 4.74 Å². The molecule has 1 saturated heterocycles. The van der Waals surface area contributed by atoms with Crippen molar-refractivity contribution in [1.82, 2.24) is 24.8 Å². The molecule has 1 amide bonds. The molecule has 0 saturated carbocycles. The fourth-order valence-electron chi connectivity index (χ4n) is 3.13. The number of anilines is 1. The fraction of sp³-hybridized carbons (Fsp3) is 0.294. The number of rotatable bonds is 3. The van der Waals surface area contributed by atoms with Crippen LogP contribution in [-0.4, -0.2) is 57.2 Å². The largest absolute Gasteiger partial charge is 0.453 e. The number of fused-ring (bicyclic) bond motifs is 1. The summed E-state index contributed by atoms with van der Waals surface area (Å²) in [5, 5.41) is 4.28. The monoisotopic (exact) mass is 390 g/mol. The van der Waals surface area contributed by atoms with E-state index in [0.29, 0.717) is 41.6 Å². The van der Waals surface area contributed by atoms with Crippen molar-refractivity contribution in [3.05, 3.63) is 35.5 Å². The topological polar surface area (TPSA) is 96.0 Å². The van der Waals surface area contributed by atoms with E-state index < -0.39 is 11.9 Å². The molecule has 0 radical (unpaired) electrons. The molecule has 1 aliphatic heterocycles. The van der Waals surface area contributed by atoms with Gasteiger partial charge in [-0.25, -0.2) is 24.1 Å². The maximum Gasteiger partial charge on any atom is 0.409 e. The molecule has 3 aromatic rings. The summed E-state index contributed by atoms with van der Waals surface area (Å²) < 4.78 is 18.9. The lowest BCUT2D eigenvalue weighted by atomic mass is 10.2. The second kappa shape index (κ2) is 6.99. The van der Waals surface area contributed by atoms with E-state index in [4.69, 9.17) is 16.3 Å². The third-order valence-electron chi connectivity index (χ3n) is 4.44. The summed E-state index contributed by atoms with van der Waals surface area (Å²) in [6, 6.07) is 1.63. The van der Waals surface area contributed by atoms with Crippen molar-refractivity contribution in [3.63, 3.8) is 0 Å². The number of hydrogen-bond donors (Lipinski definition) is 2. The van der Waals surface area contributed by atoms with E-state index in [-0.39, 0.29) is 11.9 Å². The van der Waals surface area contributed by atoms with Crippen LogP contribution in [0.4, 0.5) is 15.0 Å². The highest BCUT2D eigenvalue weighted by Crippen LogP contribution is 2.28. The average molecular weight is 391 g/mol. The smallest absolute Gasteiger partial charge is 0.409 e. The number of hydrogen-bond acceptors (Lipinski definition) is 6. The molecule has 8 nitrogen and oxygen atoms in total. The number of amides is 1. The number of halogens is 2. The van der Waals surface area contributed by atoms with Gasteiger partial charge in [0, 0.05) is 42.5 Å². The van der Waals surface area contributed by atoms with E-state index in [0.717, 1.165) is 11.6 Å². The lowest BCUT2D eigenvalue weighted by Crippen LogP contribution is -2.31. The molecule has 1 fully saturated rings. The van der Waals surface area contributed by atoms with Gasteiger partial charge in [0.25, 0.3) is 0 Å². The number of carbonyl (C=O) groups excluding carboxylic acids is 1. The molecule has 0 spiro atoms. The normalized spacial score (nSPS) is 16.7. The first kappa shape index (κ1) is 17.5. The Balaban J connectivity index is 1.60. The quantitative estimate of drug-likeness (QED) is 0.713. The zero-order chi connectivity index (χ0) is 19.0. The average Bonchev–Trinajstić information content (AvgIpc) is 3.30. The van der Waals surface area contributed by atoms with Crippen LogP contribution in [0.1, 0.15) is 6.42 Å². The van der Waals surface area contributed by atoms with Crippen molar-refractivity contribution in [2.24, 2.45) is 0 Å². The molecule has 2 N–H and O–H groups in total. The van der Waals surface area contributed by atoms with Gasteiger partial charge in [0.05, 0.1) is 18.3 Å². The van der Waals surface area contributed by atoms with Gasteiger partial charge >= 0.3 is 6.09 Å². The van der Waals surface area contributed by atoms with Gasteiger partial charge in [-0.05, 0) is 12.5 Å². The zero-order valence-corrected chi connectivity index (χ0v) is 15.1. The molecule has 140 valence electrons. The van der Waals surface area contributed by atoms with Gasteiger partial charge < -0.3 is 19.9 Å². The molecular weight excluding hydrogens is 375 g/mol. The van der Waals surface area contributed by atoms with Crippen LogP contribution in [0.5, 0.6) is 0 Å². The van der Waals surface area contributed by atoms with Crippen molar-refractivity contribution < 1.29 is 13.9 Å². The first-order valence-corrected chi connectivity index (χ1v) is 8.68. The Morgan fingerprint density at radius 2 is 2.30 bits per heavy atom. The maximum atomic E-state index is 14.2. The Morgan fingerprint density at radius 3 is 3.11 bits per heavy atom.